The van der Waals surface area contributed by atoms with Crippen molar-refractivity contribution in [2.45, 2.75) is 11.8 Å². The van der Waals surface area contributed by atoms with Gasteiger partial charge in [0.2, 0.25) is 0 Å². The number of anilines is 2. The van der Waals surface area contributed by atoms with Gasteiger partial charge in [-0.3, -0.25) is 14.8 Å². The van der Waals surface area contributed by atoms with Crippen LogP contribution in [0, 0.1) is 6.92 Å². The fourth-order valence-electron chi connectivity index (χ4n) is 2.76. The summed E-state index contributed by atoms with van der Waals surface area (Å²) in [6, 6.07) is 4.99. The summed E-state index contributed by atoms with van der Waals surface area (Å²) in [4.78, 5) is 20.3. The van der Waals surface area contributed by atoms with E-state index in [4.69, 9.17) is 10.5 Å². The van der Waals surface area contributed by atoms with Gasteiger partial charge in [-0.05, 0) is 24.6 Å². The molecular weight excluding hydrogens is 368 g/mol. The summed E-state index contributed by atoms with van der Waals surface area (Å²) in [5, 5.41) is 3.57. The first-order valence-electron chi connectivity index (χ1n) is 7.90. The zero-order valence-electron chi connectivity index (χ0n) is 15.0. The molecule has 0 saturated carbocycles. The second-order valence-corrected chi connectivity index (χ2v) is 8.07. The molecule has 1 aromatic carbocycles. The van der Waals surface area contributed by atoms with Crippen molar-refractivity contribution in [3.05, 3.63) is 47.9 Å². The highest BCUT2D eigenvalue weighted by atomic mass is 32.2. The van der Waals surface area contributed by atoms with Gasteiger partial charge in [-0.25, -0.2) is 8.42 Å². The number of nitrogens with two attached hydrogens (primary N) is 1. The molecule has 9 heteroatoms. The number of benzene rings is 1. The topological polar surface area (TPSA) is 124 Å². The zero-order valence-corrected chi connectivity index (χ0v) is 15.8. The van der Waals surface area contributed by atoms with E-state index in [1.807, 2.05) is 0 Å². The quantitative estimate of drug-likeness (QED) is 0.688. The van der Waals surface area contributed by atoms with E-state index in [0.29, 0.717) is 28.1 Å². The summed E-state index contributed by atoms with van der Waals surface area (Å²) in [7, 11) is -2.01. The van der Waals surface area contributed by atoms with Crippen molar-refractivity contribution in [3.8, 4) is 5.75 Å². The number of primary amides is 1. The third kappa shape index (κ3) is 3.68. The lowest BCUT2D eigenvalue weighted by Crippen LogP contribution is -2.15. The van der Waals surface area contributed by atoms with Crippen LogP contribution in [0.4, 0.5) is 11.4 Å². The highest BCUT2D eigenvalue weighted by Gasteiger charge is 2.20. The molecule has 2 heterocycles. The minimum atomic E-state index is -3.52. The van der Waals surface area contributed by atoms with Crippen molar-refractivity contribution in [3.63, 3.8) is 0 Å². The molecule has 0 spiro atoms. The Bertz CT molecular complexity index is 1160. The number of carbonyl (C=O) groups is 1. The van der Waals surface area contributed by atoms with E-state index in [2.05, 4.69) is 15.3 Å². The Balaban J connectivity index is 2.32. The lowest BCUT2D eigenvalue weighted by molar-refractivity contribution is 0.100. The number of fused-ring (bicyclic) bond motifs is 1. The number of rotatable bonds is 5. The Morgan fingerprint density at radius 3 is 2.56 bits per heavy atom. The van der Waals surface area contributed by atoms with Crippen molar-refractivity contribution in [1.82, 2.24) is 9.97 Å². The number of hydrogen-bond acceptors (Lipinski definition) is 7. The van der Waals surface area contributed by atoms with Crippen molar-refractivity contribution < 1.29 is 17.9 Å². The Labute approximate surface area is 156 Å². The maximum Gasteiger partial charge on any atom is 0.252 e. The van der Waals surface area contributed by atoms with Crippen molar-refractivity contribution in [2.24, 2.45) is 5.73 Å². The van der Waals surface area contributed by atoms with Crippen LogP contribution in [0.3, 0.4) is 0 Å². The molecule has 3 aromatic rings. The minimum absolute atomic E-state index is 0.0836. The number of amides is 1. The summed E-state index contributed by atoms with van der Waals surface area (Å²) in [6.45, 7) is 1.77. The predicted molar refractivity (Wildman–Crippen MR) is 102 cm³/mol. The van der Waals surface area contributed by atoms with Gasteiger partial charge >= 0.3 is 0 Å². The van der Waals surface area contributed by atoms with E-state index in [1.54, 1.807) is 31.3 Å². The van der Waals surface area contributed by atoms with Gasteiger partial charge in [0.15, 0.2) is 9.84 Å². The molecule has 0 fully saturated rings. The van der Waals surface area contributed by atoms with Crippen LogP contribution in [0.2, 0.25) is 0 Å². The van der Waals surface area contributed by atoms with Crippen LogP contribution < -0.4 is 15.8 Å². The molecule has 3 N–H and O–H groups in total. The van der Waals surface area contributed by atoms with Crippen molar-refractivity contribution in [2.75, 3.05) is 18.7 Å². The number of nitrogens with one attached hydrogen (secondary N) is 1. The van der Waals surface area contributed by atoms with E-state index in [9.17, 15) is 13.2 Å². The fraction of sp³-hybridized carbons (Fsp3) is 0.167. The van der Waals surface area contributed by atoms with E-state index in [1.165, 1.54) is 19.5 Å². The smallest absolute Gasteiger partial charge is 0.252 e. The molecule has 0 bridgehead atoms. The lowest BCUT2D eigenvalue weighted by atomic mass is 10.1. The monoisotopic (exact) mass is 386 g/mol. The van der Waals surface area contributed by atoms with Crippen LogP contribution >= 0.6 is 0 Å². The summed E-state index contributed by atoms with van der Waals surface area (Å²) < 4.78 is 29.5. The number of aromatic nitrogens is 2. The highest BCUT2D eigenvalue weighted by molar-refractivity contribution is 7.91. The average Bonchev–Trinajstić information content (AvgIpc) is 2.60. The van der Waals surface area contributed by atoms with Gasteiger partial charge in [0.1, 0.15) is 5.75 Å². The molecule has 0 saturated heterocycles. The van der Waals surface area contributed by atoms with Crippen LogP contribution in [0.15, 0.2) is 41.7 Å². The fourth-order valence-corrected chi connectivity index (χ4v) is 3.67. The number of nitrogens with zero attached hydrogens (tertiary/aromatic N) is 2. The average molecular weight is 386 g/mol. The molecule has 3 rings (SSSR count). The van der Waals surface area contributed by atoms with Gasteiger partial charge in [-0.15, -0.1) is 0 Å². The molecule has 1 amide bonds. The summed E-state index contributed by atoms with van der Waals surface area (Å²) in [5.74, 6) is -0.169. The summed E-state index contributed by atoms with van der Waals surface area (Å²) in [6.07, 6.45) is 5.47. The molecule has 0 aliphatic carbocycles. The van der Waals surface area contributed by atoms with Gasteiger partial charge in [0.05, 0.1) is 46.9 Å². The van der Waals surface area contributed by atoms with E-state index in [0.717, 1.165) is 6.26 Å². The number of aryl methyl sites for hydroxylation is 1. The Morgan fingerprint density at radius 1 is 1.19 bits per heavy atom. The third-order valence-corrected chi connectivity index (χ3v) is 5.07. The molecule has 27 heavy (non-hydrogen) atoms. The Morgan fingerprint density at radius 2 is 1.93 bits per heavy atom. The molecule has 0 atom stereocenters. The predicted octanol–water partition coefficient (Wildman–Crippen LogP) is 2.19. The Hall–Kier alpha value is -3.20. The molecule has 2 aromatic heterocycles. The molecule has 0 radical (unpaired) electrons. The first-order valence-corrected chi connectivity index (χ1v) is 9.79. The van der Waals surface area contributed by atoms with Crippen LogP contribution in [-0.4, -0.2) is 37.7 Å². The maximum atomic E-state index is 12.2. The molecule has 0 unspecified atom stereocenters. The van der Waals surface area contributed by atoms with Crippen LogP contribution in [0.1, 0.15) is 15.9 Å². The van der Waals surface area contributed by atoms with Gasteiger partial charge in [-0.1, -0.05) is 0 Å². The molecular formula is C18H18N4O4S. The normalized spacial score (nSPS) is 11.4. The Kier molecular flexibility index (Phi) is 4.71. The van der Waals surface area contributed by atoms with Gasteiger partial charge in [-0.2, -0.15) is 0 Å². The lowest BCUT2D eigenvalue weighted by Gasteiger charge is -2.15. The molecule has 0 aliphatic heterocycles. The number of ether oxygens (including phenoxy) is 1. The van der Waals surface area contributed by atoms with Gasteiger partial charge in [0, 0.05) is 23.9 Å². The van der Waals surface area contributed by atoms with E-state index in [-0.39, 0.29) is 16.0 Å². The van der Waals surface area contributed by atoms with E-state index >= 15 is 0 Å². The number of sulfone groups is 1. The maximum absolute atomic E-state index is 12.2. The third-order valence-electron chi connectivity index (χ3n) is 3.96. The second kappa shape index (κ2) is 6.84. The number of pyridine rings is 2. The molecule has 0 aliphatic rings. The largest absolute Gasteiger partial charge is 0.495 e. The van der Waals surface area contributed by atoms with Crippen molar-refractivity contribution >= 4 is 38.0 Å². The van der Waals surface area contributed by atoms with Crippen LogP contribution in [0.25, 0.3) is 10.9 Å². The molecule has 140 valence electrons. The summed E-state index contributed by atoms with van der Waals surface area (Å²) in [5.41, 5.74) is 7.50. The number of carbonyl (C=O) groups excluding carboxylic acids is 1. The second-order valence-electron chi connectivity index (χ2n) is 6.08. The standard InChI is InChI=1S/C18H18N4O4S/c1-10-4-13-16(22-11-6-12(26-2)8-20-7-11)14(18(19)23)9-21-17(13)15(5-10)27(3,24)25/h4-9H,1-3H3,(H2,19,23)(H,21,22). The van der Waals surface area contributed by atoms with Gasteiger partial charge < -0.3 is 15.8 Å². The zero-order chi connectivity index (χ0) is 19.8. The first-order chi connectivity index (χ1) is 12.7. The number of hydrogen-bond donors (Lipinski definition) is 2. The van der Waals surface area contributed by atoms with Crippen molar-refractivity contribution in [1.29, 1.82) is 0 Å². The number of methoxy groups -OCH3 is 1. The summed E-state index contributed by atoms with van der Waals surface area (Å²) >= 11 is 0. The highest BCUT2D eigenvalue weighted by Crippen LogP contribution is 2.33. The first kappa shape index (κ1) is 18.6. The SMILES string of the molecule is COc1cncc(Nc2c(C(N)=O)cnc3c(S(C)(=O)=O)cc(C)cc23)c1. The minimum Gasteiger partial charge on any atom is -0.495 e. The molecule has 8 nitrogen and oxygen atoms in total. The van der Waals surface area contributed by atoms with Crippen LogP contribution in [-0.2, 0) is 9.84 Å². The van der Waals surface area contributed by atoms with E-state index < -0.39 is 15.7 Å². The van der Waals surface area contributed by atoms with Crippen LogP contribution in [0.5, 0.6) is 5.75 Å². The van der Waals surface area contributed by atoms with Gasteiger partial charge in [0.25, 0.3) is 5.91 Å².